The van der Waals surface area contributed by atoms with Gasteiger partial charge < -0.3 is 9.30 Å². The summed E-state index contributed by atoms with van der Waals surface area (Å²) in [4.78, 5) is 9.37. The second-order valence-corrected chi connectivity index (χ2v) is 15.4. The van der Waals surface area contributed by atoms with Crippen molar-refractivity contribution in [3.63, 3.8) is 0 Å². The molecule has 1 aliphatic rings. The molecule has 0 amide bonds. The van der Waals surface area contributed by atoms with Crippen molar-refractivity contribution in [2.24, 2.45) is 5.92 Å². The van der Waals surface area contributed by atoms with Gasteiger partial charge in [0.15, 0.2) is 5.82 Å². The van der Waals surface area contributed by atoms with E-state index in [0.29, 0.717) is 24.9 Å². The van der Waals surface area contributed by atoms with Gasteiger partial charge >= 0.3 is 0 Å². The molecule has 1 atom stereocenters. The van der Waals surface area contributed by atoms with Gasteiger partial charge in [0.05, 0.1) is 30.3 Å². The van der Waals surface area contributed by atoms with Crippen LogP contribution in [0.2, 0.25) is 25.7 Å². The topological polar surface area (TPSA) is 81.5 Å². The molecule has 31 heavy (non-hydrogen) atoms. The summed E-state index contributed by atoms with van der Waals surface area (Å²) in [6.07, 6.45) is 13.0. The van der Waals surface area contributed by atoms with Crippen LogP contribution in [0.5, 0.6) is 0 Å². The van der Waals surface area contributed by atoms with Crippen molar-refractivity contribution in [2.45, 2.75) is 70.6 Å². The molecule has 1 saturated carbocycles. The van der Waals surface area contributed by atoms with Crippen molar-refractivity contribution in [3.8, 4) is 17.5 Å². The van der Waals surface area contributed by atoms with E-state index in [1.54, 1.807) is 0 Å². The molecule has 0 bridgehead atoms. The number of hydrogen-bond acceptors (Lipinski definition) is 5. The zero-order valence-corrected chi connectivity index (χ0v) is 19.8. The monoisotopic (exact) mass is 436 g/mol. The molecule has 164 valence electrons. The first kappa shape index (κ1) is 21.7. The molecule has 0 N–H and O–H groups in total. The summed E-state index contributed by atoms with van der Waals surface area (Å²) in [6, 6.07) is 5.65. The van der Waals surface area contributed by atoms with E-state index in [4.69, 9.17) is 9.72 Å². The van der Waals surface area contributed by atoms with Crippen LogP contribution in [0.3, 0.4) is 0 Å². The van der Waals surface area contributed by atoms with Gasteiger partial charge in [-0.15, -0.1) is 0 Å². The van der Waals surface area contributed by atoms with E-state index in [-0.39, 0.29) is 6.04 Å². The first-order chi connectivity index (χ1) is 14.9. The maximum Gasteiger partial charge on any atom is 0.164 e. The van der Waals surface area contributed by atoms with Gasteiger partial charge in [-0.25, -0.2) is 9.97 Å². The fourth-order valence-corrected chi connectivity index (χ4v) is 5.06. The maximum absolute atomic E-state index is 9.31. The highest BCUT2D eigenvalue weighted by Crippen LogP contribution is 2.36. The predicted molar refractivity (Wildman–Crippen MR) is 124 cm³/mol. The smallest absolute Gasteiger partial charge is 0.164 e. The van der Waals surface area contributed by atoms with Gasteiger partial charge in [-0.2, -0.15) is 10.4 Å². The Hall–Kier alpha value is -2.50. The lowest BCUT2D eigenvalue weighted by molar-refractivity contribution is 0.0899. The summed E-state index contributed by atoms with van der Waals surface area (Å²) < 4.78 is 9.91. The van der Waals surface area contributed by atoms with Crippen molar-refractivity contribution >= 4 is 19.1 Å². The third-order valence-corrected chi connectivity index (χ3v) is 7.88. The third kappa shape index (κ3) is 5.22. The van der Waals surface area contributed by atoms with Gasteiger partial charge in [-0.3, -0.25) is 4.68 Å². The van der Waals surface area contributed by atoms with Crippen LogP contribution in [0.4, 0.5) is 0 Å². The highest BCUT2D eigenvalue weighted by molar-refractivity contribution is 6.76. The molecule has 3 aromatic rings. The largest absolute Gasteiger partial charge is 0.361 e. The summed E-state index contributed by atoms with van der Waals surface area (Å²) in [5.41, 5.74) is 1.75. The number of fused-ring (bicyclic) bond motifs is 1. The van der Waals surface area contributed by atoms with Crippen molar-refractivity contribution in [3.05, 3.63) is 30.9 Å². The van der Waals surface area contributed by atoms with Crippen LogP contribution in [0.1, 0.15) is 38.1 Å². The lowest BCUT2D eigenvalue weighted by Crippen LogP contribution is -2.22. The van der Waals surface area contributed by atoms with E-state index in [1.807, 2.05) is 40.1 Å². The fourth-order valence-electron chi connectivity index (χ4n) is 4.30. The first-order valence-corrected chi connectivity index (χ1v) is 15.0. The highest BCUT2D eigenvalue weighted by Gasteiger charge is 2.27. The highest BCUT2D eigenvalue weighted by atomic mass is 28.3. The average molecular weight is 437 g/mol. The summed E-state index contributed by atoms with van der Waals surface area (Å²) in [5, 5.41) is 14.9. The van der Waals surface area contributed by atoms with Gasteiger partial charge in [0.1, 0.15) is 12.4 Å². The van der Waals surface area contributed by atoms with Crippen molar-refractivity contribution in [2.75, 3.05) is 6.61 Å². The van der Waals surface area contributed by atoms with E-state index >= 15 is 0 Å². The minimum absolute atomic E-state index is 0.133. The molecule has 0 radical (unpaired) electrons. The second-order valence-electron chi connectivity index (χ2n) is 9.79. The predicted octanol–water partition coefficient (Wildman–Crippen LogP) is 5.25. The SMILES string of the molecule is C[Si](C)(C)CCOCn1ccc2cnc(-c3cnn([C@H](CC#N)C4CCCC4)c3)nc21. The molecular formula is C23H32N6OSi. The Morgan fingerprint density at radius 2 is 2.06 bits per heavy atom. The minimum atomic E-state index is -1.10. The van der Waals surface area contributed by atoms with Crippen LogP contribution in [-0.4, -0.2) is 39.0 Å². The van der Waals surface area contributed by atoms with E-state index < -0.39 is 8.07 Å². The Morgan fingerprint density at radius 1 is 1.26 bits per heavy atom. The Labute approximate surface area is 185 Å². The Bertz CT molecular complexity index is 1050. The Balaban J connectivity index is 1.51. The van der Waals surface area contributed by atoms with Gasteiger partial charge in [-0.05, 0) is 30.9 Å². The van der Waals surface area contributed by atoms with Crippen LogP contribution in [0, 0.1) is 17.2 Å². The van der Waals surface area contributed by atoms with Crippen LogP contribution in [-0.2, 0) is 11.5 Å². The summed E-state index contributed by atoms with van der Waals surface area (Å²) >= 11 is 0. The van der Waals surface area contributed by atoms with Gasteiger partial charge in [0, 0.05) is 38.7 Å². The lowest BCUT2D eigenvalue weighted by Gasteiger charge is -2.21. The molecule has 7 nitrogen and oxygen atoms in total. The first-order valence-electron chi connectivity index (χ1n) is 11.3. The molecule has 0 spiro atoms. The maximum atomic E-state index is 9.31. The molecule has 0 aromatic carbocycles. The van der Waals surface area contributed by atoms with Crippen LogP contribution < -0.4 is 0 Å². The molecular weight excluding hydrogens is 404 g/mol. The van der Waals surface area contributed by atoms with E-state index in [1.165, 1.54) is 25.7 Å². The van der Waals surface area contributed by atoms with Gasteiger partial charge in [0.2, 0.25) is 0 Å². The third-order valence-electron chi connectivity index (χ3n) is 6.17. The van der Waals surface area contributed by atoms with E-state index in [0.717, 1.165) is 29.2 Å². The standard InChI is InChI=1S/C23H32N6OSi/c1-31(2,3)13-12-30-17-28-11-9-19-14-25-22(27-23(19)28)20-15-26-29(16-20)21(8-10-24)18-6-4-5-7-18/h9,11,14-16,18,21H,4-8,12-13,17H2,1-3H3/t21-/m1/s1. The molecule has 1 fully saturated rings. The fraction of sp³-hybridized carbons (Fsp3) is 0.565. The van der Waals surface area contributed by atoms with Crippen LogP contribution >= 0.6 is 0 Å². The summed E-state index contributed by atoms with van der Waals surface area (Å²) in [5.74, 6) is 1.18. The molecule has 3 heterocycles. The minimum Gasteiger partial charge on any atom is -0.361 e. The molecule has 4 rings (SSSR count). The molecule has 0 saturated heterocycles. The molecule has 1 aliphatic carbocycles. The second kappa shape index (κ2) is 9.33. The number of rotatable bonds is 9. The van der Waals surface area contributed by atoms with Gasteiger partial charge in [0.25, 0.3) is 0 Å². The van der Waals surface area contributed by atoms with Crippen molar-refractivity contribution in [1.29, 1.82) is 5.26 Å². The zero-order chi connectivity index (χ0) is 21.8. The number of aromatic nitrogens is 5. The summed E-state index contributed by atoms with van der Waals surface area (Å²) in [7, 11) is -1.10. The number of hydrogen-bond donors (Lipinski definition) is 0. The Morgan fingerprint density at radius 3 is 2.81 bits per heavy atom. The van der Waals surface area contributed by atoms with Crippen molar-refractivity contribution < 1.29 is 4.74 Å². The summed E-state index contributed by atoms with van der Waals surface area (Å²) in [6.45, 7) is 8.34. The number of ether oxygens (including phenoxy) is 1. The normalized spacial score (nSPS) is 16.1. The Kier molecular flexibility index (Phi) is 6.53. The molecule has 3 aromatic heterocycles. The molecule has 8 heteroatoms. The molecule has 0 aliphatic heterocycles. The molecule has 0 unspecified atom stereocenters. The van der Waals surface area contributed by atoms with Crippen LogP contribution in [0.15, 0.2) is 30.9 Å². The van der Waals surface area contributed by atoms with E-state index in [2.05, 4.69) is 35.8 Å². The van der Waals surface area contributed by atoms with Gasteiger partial charge in [-0.1, -0.05) is 32.5 Å². The lowest BCUT2D eigenvalue weighted by atomic mass is 9.96. The van der Waals surface area contributed by atoms with Crippen LogP contribution in [0.25, 0.3) is 22.4 Å². The number of nitrogens with zero attached hydrogens (tertiary/aromatic N) is 6. The quantitative estimate of drug-likeness (QED) is 0.338. The van der Waals surface area contributed by atoms with Crippen molar-refractivity contribution in [1.82, 2.24) is 24.3 Å². The zero-order valence-electron chi connectivity index (χ0n) is 18.8. The number of nitriles is 1. The van der Waals surface area contributed by atoms with E-state index in [9.17, 15) is 5.26 Å². The average Bonchev–Trinajstić information content (AvgIpc) is 3.49.